The number of nitrogens with two attached hydrogens (primary N) is 1. The second-order valence-electron chi connectivity index (χ2n) is 5.37. The van der Waals surface area contributed by atoms with Gasteiger partial charge in [0, 0.05) is 5.69 Å². The van der Waals surface area contributed by atoms with Crippen LogP contribution in [0.5, 0.6) is 0 Å². The average Bonchev–Trinajstić information content (AvgIpc) is 2.94. The summed E-state index contributed by atoms with van der Waals surface area (Å²) in [5, 5.41) is 3.17. The molecule has 3 rings (SSSR count). The molecule has 0 saturated carbocycles. The molecule has 5 heteroatoms. The standard InChI is InChI=1S/C16H21N3O.HI/c17-16(18-10-12-3-2-8-20-11-12)19-15-7-6-13-4-1-5-14(13)9-15;/h3,6-7,9H,1-2,4-5,8,10-11H2,(H3,17,18,19);1H. The van der Waals surface area contributed by atoms with Crippen molar-refractivity contribution in [3.8, 4) is 0 Å². The van der Waals surface area contributed by atoms with E-state index in [9.17, 15) is 0 Å². The summed E-state index contributed by atoms with van der Waals surface area (Å²) in [5.41, 5.74) is 11.1. The van der Waals surface area contributed by atoms with Gasteiger partial charge in [-0.25, -0.2) is 4.99 Å². The monoisotopic (exact) mass is 399 g/mol. The van der Waals surface area contributed by atoms with Crippen LogP contribution in [0.2, 0.25) is 0 Å². The zero-order valence-electron chi connectivity index (χ0n) is 12.1. The number of aliphatic imine (C=N–C) groups is 1. The van der Waals surface area contributed by atoms with Crippen molar-refractivity contribution in [2.75, 3.05) is 25.1 Å². The first kappa shape index (κ1) is 16.3. The van der Waals surface area contributed by atoms with Crippen LogP contribution in [0.3, 0.4) is 0 Å². The van der Waals surface area contributed by atoms with Gasteiger partial charge in [0.1, 0.15) is 0 Å². The SMILES string of the molecule is I.NC(=NCC1=CCCOC1)Nc1ccc2c(c1)CCC2. The third-order valence-corrected chi connectivity index (χ3v) is 3.81. The summed E-state index contributed by atoms with van der Waals surface area (Å²) in [6.07, 6.45) is 6.80. The van der Waals surface area contributed by atoms with E-state index in [0.29, 0.717) is 19.1 Å². The summed E-state index contributed by atoms with van der Waals surface area (Å²) in [5.74, 6) is 0.467. The van der Waals surface area contributed by atoms with Crippen molar-refractivity contribution in [3.63, 3.8) is 0 Å². The fourth-order valence-electron chi connectivity index (χ4n) is 2.74. The number of aryl methyl sites for hydroxylation is 2. The molecular formula is C16H22IN3O. The van der Waals surface area contributed by atoms with E-state index >= 15 is 0 Å². The van der Waals surface area contributed by atoms with Gasteiger partial charge >= 0.3 is 0 Å². The minimum atomic E-state index is 0. The van der Waals surface area contributed by atoms with Gasteiger partial charge in [0.2, 0.25) is 0 Å². The molecule has 2 aliphatic rings. The number of guanidine groups is 1. The molecule has 0 radical (unpaired) electrons. The van der Waals surface area contributed by atoms with Crippen molar-refractivity contribution in [3.05, 3.63) is 41.0 Å². The highest BCUT2D eigenvalue weighted by atomic mass is 127. The molecule has 4 nitrogen and oxygen atoms in total. The van der Waals surface area contributed by atoms with Crippen molar-refractivity contribution in [2.24, 2.45) is 10.7 Å². The van der Waals surface area contributed by atoms with Gasteiger partial charge in [-0.3, -0.25) is 0 Å². The Hall–Kier alpha value is -1.08. The summed E-state index contributed by atoms with van der Waals surface area (Å²) >= 11 is 0. The summed E-state index contributed by atoms with van der Waals surface area (Å²) in [7, 11) is 0. The third kappa shape index (κ3) is 4.44. The molecule has 3 N–H and O–H groups in total. The number of ether oxygens (including phenoxy) is 1. The minimum absolute atomic E-state index is 0. The van der Waals surface area contributed by atoms with Crippen LogP contribution in [0.1, 0.15) is 24.0 Å². The zero-order chi connectivity index (χ0) is 13.8. The van der Waals surface area contributed by atoms with Crippen molar-refractivity contribution in [2.45, 2.75) is 25.7 Å². The topological polar surface area (TPSA) is 59.6 Å². The smallest absolute Gasteiger partial charge is 0.193 e. The molecule has 0 amide bonds. The maximum absolute atomic E-state index is 5.94. The van der Waals surface area contributed by atoms with Gasteiger partial charge in [-0.05, 0) is 54.5 Å². The quantitative estimate of drug-likeness (QED) is 0.356. The molecular weight excluding hydrogens is 377 g/mol. The van der Waals surface area contributed by atoms with Gasteiger partial charge < -0.3 is 15.8 Å². The molecule has 0 atom stereocenters. The van der Waals surface area contributed by atoms with Crippen molar-refractivity contribution >= 4 is 35.6 Å². The molecule has 1 aromatic carbocycles. The summed E-state index contributed by atoms with van der Waals surface area (Å²) < 4.78 is 5.38. The van der Waals surface area contributed by atoms with Crippen LogP contribution in [-0.4, -0.2) is 25.7 Å². The number of anilines is 1. The first-order valence-electron chi connectivity index (χ1n) is 7.26. The molecule has 0 unspecified atom stereocenters. The lowest BCUT2D eigenvalue weighted by atomic mass is 10.1. The van der Waals surface area contributed by atoms with Gasteiger partial charge in [0.15, 0.2) is 5.96 Å². The van der Waals surface area contributed by atoms with Gasteiger partial charge in [0.05, 0.1) is 19.8 Å². The number of halogens is 1. The maximum atomic E-state index is 5.94. The normalized spacial score (nSPS) is 17.7. The predicted molar refractivity (Wildman–Crippen MR) is 97.5 cm³/mol. The van der Waals surface area contributed by atoms with E-state index in [1.807, 2.05) is 0 Å². The molecule has 21 heavy (non-hydrogen) atoms. The van der Waals surface area contributed by atoms with Crippen LogP contribution >= 0.6 is 24.0 Å². The minimum Gasteiger partial charge on any atom is -0.377 e. The number of fused-ring (bicyclic) bond motifs is 1. The molecule has 1 aliphatic heterocycles. The van der Waals surface area contributed by atoms with Crippen LogP contribution in [0.4, 0.5) is 5.69 Å². The van der Waals surface area contributed by atoms with Crippen LogP contribution in [0, 0.1) is 0 Å². The number of hydrogen-bond donors (Lipinski definition) is 2. The lowest BCUT2D eigenvalue weighted by Gasteiger charge is -2.12. The van der Waals surface area contributed by atoms with Crippen LogP contribution in [0.15, 0.2) is 34.8 Å². The highest BCUT2D eigenvalue weighted by Gasteiger charge is 2.11. The van der Waals surface area contributed by atoms with E-state index < -0.39 is 0 Å². The second-order valence-corrected chi connectivity index (χ2v) is 5.37. The van der Waals surface area contributed by atoms with Crippen molar-refractivity contribution in [1.82, 2.24) is 0 Å². The lowest BCUT2D eigenvalue weighted by molar-refractivity contribution is 0.150. The zero-order valence-corrected chi connectivity index (χ0v) is 14.4. The van der Waals surface area contributed by atoms with Gasteiger partial charge in [-0.1, -0.05) is 12.1 Å². The Labute approximate surface area is 142 Å². The van der Waals surface area contributed by atoms with E-state index in [0.717, 1.165) is 18.7 Å². The number of nitrogens with zero attached hydrogens (tertiary/aromatic N) is 1. The maximum Gasteiger partial charge on any atom is 0.193 e. The Kier molecular flexibility index (Phi) is 6.05. The largest absolute Gasteiger partial charge is 0.377 e. The molecule has 1 aliphatic carbocycles. The van der Waals surface area contributed by atoms with Gasteiger partial charge in [-0.15, -0.1) is 24.0 Å². The fourth-order valence-corrected chi connectivity index (χ4v) is 2.74. The predicted octanol–water partition coefficient (Wildman–Crippen LogP) is 2.87. The lowest BCUT2D eigenvalue weighted by Crippen LogP contribution is -2.23. The number of rotatable bonds is 3. The first-order valence-corrected chi connectivity index (χ1v) is 7.26. The highest BCUT2D eigenvalue weighted by molar-refractivity contribution is 14.0. The Balaban J connectivity index is 0.00000161. The van der Waals surface area contributed by atoms with Crippen LogP contribution in [0.25, 0.3) is 0 Å². The first-order chi connectivity index (χ1) is 9.81. The molecule has 0 spiro atoms. The van der Waals surface area contributed by atoms with Gasteiger partial charge in [-0.2, -0.15) is 0 Å². The summed E-state index contributed by atoms with van der Waals surface area (Å²) in [4.78, 5) is 4.37. The van der Waals surface area contributed by atoms with E-state index in [4.69, 9.17) is 10.5 Å². The number of benzene rings is 1. The van der Waals surface area contributed by atoms with Crippen molar-refractivity contribution in [1.29, 1.82) is 0 Å². The van der Waals surface area contributed by atoms with Crippen LogP contribution < -0.4 is 11.1 Å². The summed E-state index contributed by atoms with van der Waals surface area (Å²) in [6.45, 7) is 2.11. The molecule has 0 bridgehead atoms. The molecule has 0 fully saturated rings. The third-order valence-electron chi connectivity index (χ3n) is 3.81. The number of hydrogen-bond acceptors (Lipinski definition) is 2. The van der Waals surface area contributed by atoms with E-state index in [1.54, 1.807) is 0 Å². The highest BCUT2D eigenvalue weighted by Crippen LogP contribution is 2.24. The Morgan fingerprint density at radius 1 is 1.29 bits per heavy atom. The molecule has 1 aromatic rings. The summed E-state index contributed by atoms with van der Waals surface area (Å²) in [6, 6.07) is 6.46. The van der Waals surface area contributed by atoms with Crippen molar-refractivity contribution < 1.29 is 4.74 Å². The average molecular weight is 399 g/mol. The molecule has 114 valence electrons. The fraction of sp³-hybridized carbons (Fsp3) is 0.438. The second kappa shape index (κ2) is 7.79. The van der Waals surface area contributed by atoms with E-state index in [2.05, 4.69) is 34.6 Å². The molecule has 1 heterocycles. The Morgan fingerprint density at radius 3 is 2.95 bits per heavy atom. The molecule has 0 saturated heterocycles. The molecule has 0 aromatic heterocycles. The van der Waals surface area contributed by atoms with E-state index in [-0.39, 0.29) is 24.0 Å². The van der Waals surface area contributed by atoms with Crippen LogP contribution in [-0.2, 0) is 17.6 Å². The Morgan fingerprint density at radius 2 is 2.14 bits per heavy atom. The van der Waals surface area contributed by atoms with Gasteiger partial charge in [0.25, 0.3) is 0 Å². The number of nitrogens with one attached hydrogen (secondary N) is 1. The van der Waals surface area contributed by atoms with E-state index in [1.165, 1.54) is 36.0 Å². The Bertz CT molecular complexity index is 554.